The van der Waals surface area contributed by atoms with Gasteiger partial charge in [-0.05, 0) is 234 Å². The van der Waals surface area contributed by atoms with Gasteiger partial charge in [-0.2, -0.15) is 25.5 Å². The number of halogens is 4. The van der Waals surface area contributed by atoms with Crippen LogP contribution in [0.4, 0.5) is 0 Å². The van der Waals surface area contributed by atoms with Crippen molar-refractivity contribution < 1.29 is 33.4 Å². The molecule has 138 heavy (non-hydrogen) atoms. The second kappa shape index (κ2) is 45.8. The maximum absolute atomic E-state index is 9.45. The zero-order valence-electron chi connectivity index (χ0n) is 75.8. The highest BCUT2D eigenvalue weighted by Gasteiger charge is 2.51. The number of phenols is 1. The van der Waals surface area contributed by atoms with Gasteiger partial charge in [-0.25, -0.2) is 28.7 Å². The second-order valence-corrected chi connectivity index (χ2v) is 35.7. The highest BCUT2D eigenvalue weighted by molar-refractivity contribution is 14.1. The lowest BCUT2D eigenvalue weighted by atomic mass is 9.80. The zero-order valence-corrected chi connectivity index (χ0v) is 82.8. The number of H-pyrrole nitrogens is 1. The minimum absolute atomic E-state index is 0.228. The van der Waals surface area contributed by atoms with Gasteiger partial charge in [0.05, 0.1) is 117 Å². The molecular formula is C108H91BBr3IN18O7. The summed E-state index contributed by atoms with van der Waals surface area (Å²) in [6, 6.07) is 95.3. The van der Waals surface area contributed by atoms with E-state index in [-0.39, 0.29) is 24.1 Å². The van der Waals surface area contributed by atoms with Gasteiger partial charge >= 0.3 is 7.12 Å². The number of fused-ring (bicyclic) bond motifs is 6. The Kier molecular flexibility index (Phi) is 31.8. The van der Waals surface area contributed by atoms with E-state index in [1.165, 1.54) is 30.8 Å². The lowest BCUT2D eigenvalue weighted by molar-refractivity contribution is 0.00578. The van der Waals surface area contributed by atoms with Gasteiger partial charge in [-0.1, -0.05) is 125 Å². The van der Waals surface area contributed by atoms with Crippen LogP contribution in [0.25, 0.3) is 111 Å². The van der Waals surface area contributed by atoms with E-state index in [1.807, 2.05) is 293 Å². The molecule has 13 aromatic heterocycles. The normalized spacial score (nSPS) is 11.9. The topological polar surface area (TPSA) is 263 Å². The molecule has 0 atom stereocenters. The molecule has 686 valence electrons. The fraction of sp³-hybridized carbons (Fsp3) is 0.0833. The first-order chi connectivity index (χ1) is 67.3. The zero-order chi connectivity index (χ0) is 95.8. The van der Waals surface area contributed by atoms with Gasteiger partial charge in [0.2, 0.25) is 0 Å². The summed E-state index contributed by atoms with van der Waals surface area (Å²) in [5, 5.41) is 37.9. The molecule has 1 aliphatic heterocycles. The summed E-state index contributed by atoms with van der Waals surface area (Å²) in [5.74, 6) is 6.09. The molecule has 0 aliphatic carbocycles. The summed E-state index contributed by atoms with van der Waals surface area (Å²) in [6.45, 7) is 8.18. The Bertz CT molecular complexity index is 7680. The van der Waals surface area contributed by atoms with E-state index in [4.69, 9.17) is 28.3 Å². The van der Waals surface area contributed by atoms with Crippen molar-refractivity contribution in [1.29, 1.82) is 0 Å². The smallest absolute Gasteiger partial charge is 0.496 e. The van der Waals surface area contributed by atoms with Crippen molar-refractivity contribution in [3.8, 4) is 102 Å². The van der Waals surface area contributed by atoms with Crippen LogP contribution in [0.1, 0.15) is 27.7 Å². The first-order valence-electron chi connectivity index (χ1n) is 43.5. The number of methoxy groups -OCH3 is 3. The van der Waals surface area contributed by atoms with Gasteiger partial charge in [0.1, 0.15) is 46.1 Å². The fourth-order valence-corrected chi connectivity index (χ4v) is 15.9. The van der Waals surface area contributed by atoms with Gasteiger partial charge in [0.15, 0.2) is 0 Å². The van der Waals surface area contributed by atoms with Crippen LogP contribution in [0.2, 0.25) is 0 Å². The first-order valence-corrected chi connectivity index (χ1v) is 46.9. The number of benzene rings is 9. The number of hydrogen-bond acceptors (Lipinski definition) is 18. The number of nitrogens with one attached hydrogen (secondary N) is 1. The number of hydrogen-bond donors (Lipinski definition) is 2. The van der Waals surface area contributed by atoms with E-state index in [0.29, 0.717) is 0 Å². The van der Waals surface area contributed by atoms with E-state index in [9.17, 15) is 5.11 Å². The molecule has 14 heterocycles. The molecule has 23 rings (SSSR count). The highest BCUT2D eigenvalue weighted by atomic mass is 127. The van der Waals surface area contributed by atoms with E-state index >= 15 is 0 Å². The Balaban J connectivity index is 0.000000120. The van der Waals surface area contributed by atoms with E-state index < -0.39 is 0 Å². The van der Waals surface area contributed by atoms with Crippen LogP contribution in [0.5, 0.6) is 34.5 Å². The van der Waals surface area contributed by atoms with E-state index in [2.05, 4.69) is 219 Å². The Morgan fingerprint density at radius 2 is 0.761 bits per heavy atom. The largest absolute Gasteiger partial charge is 0.508 e. The van der Waals surface area contributed by atoms with Crippen LogP contribution in [0, 0.1) is 3.57 Å². The van der Waals surface area contributed by atoms with Gasteiger partial charge in [-0.15, -0.1) is 0 Å². The monoisotopic (exact) mass is 2130 g/mol. The summed E-state index contributed by atoms with van der Waals surface area (Å²) in [6.07, 6.45) is 36.3. The third kappa shape index (κ3) is 24.3. The Morgan fingerprint density at radius 3 is 1.18 bits per heavy atom. The summed E-state index contributed by atoms with van der Waals surface area (Å²) in [4.78, 5) is 25.6. The summed E-state index contributed by atoms with van der Waals surface area (Å²) in [5.41, 5.74) is 14.7. The van der Waals surface area contributed by atoms with Crippen LogP contribution in [0.15, 0.2) is 429 Å². The molecular weight excluding hydrogens is 2040 g/mol. The third-order valence-electron chi connectivity index (χ3n) is 22.1. The van der Waals surface area contributed by atoms with Crippen molar-refractivity contribution >= 4 is 127 Å². The van der Waals surface area contributed by atoms with Crippen molar-refractivity contribution in [2.24, 2.45) is 0 Å². The average molecular weight is 2130 g/mol. The van der Waals surface area contributed by atoms with Crippen LogP contribution < -0.4 is 24.4 Å². The molecule has 0 spiro atoms. The molecule has 0 saturated carbocycles. The van der Waals surface area contributed by atoms with Gasteiger partial charge in [-0.3, -0.25) is 34.2 Å². The standard InChI is InChI=1S/C31H21N5O.C17H11BrN2.C15H13N3O.C14H11N3O.C11H16BNO2.C10H9BrN2O.C7H7IO.C3H3BrN2/c1-2-11-29-27(10-1)28-14-13-26(18-30(28)36(29)31-12-3-4-16-33-31)37-25-9-5-8-24(17-25)35-21-23(20-34-35)22-7-6-15-32-19-22;18-12-8-9-14-13-5-1-2-6-15(13)20(16(14)11-12)17-7-3-4-10-19-17;1-19-15-6-2-5-14(8-15)18-11-13(10-17-18)12-4-3-7-16-9-12;18-14-5-1-4-13(7-14)17-10-12(9-16-17)11-3-2-6-15-8-11;1-10(2)11(3,4)15-12(14-10)9-6-5-7-13-8-9;1-14-10-4-2-3-9(5-10)13-7-8(11)6-12-13;1-9-7-4-2-3-6(8)5-7;4-3-1-5-6-2-3/h1-21H;1-11H;2-11H,1H3;1-10,18H;5-8H,1-4H3;2-7H,1H3;2-5H,1H3;1-2H,(H,5,6). The van der Waals surface area contributed by atoms with Crippen molar-refractivity contribution in [1.82, 2.24) is 88.4 Å². The van der Waals surface area contributed by atoms with E-state index in [0.717, 1.165) is 132 Å². The number of aromatic amines is 1. The summed E-state index contributed by atoms with van der Waals surface area (Å²) in [7, 11) is 4.68. The molecule has 0 unspecified atom stereocenters. The Morgan fingerprint density at radius 1 is 0.341 bits per heavy atom. The molecule has 0 radical (unpaired) electrons. The van der Waals surface area contributed by atoms with Crippen molar-refractivity contribution in [3.63, 3.8) is 0 Å². The number of aromatic nitrogens is 18. The van der Waals surface area contributed by atoms with Crippen molar-refractivity contribution in [3.05, 3.63) is 432 Å². The maximum Gasteiger partial charge on any atom is 0.496 e. The minimum atomic E-state index is -0.302. The molecule has 22 aromatic rings. The Hall–Kier alpha value is -15.3. The predicted molar refractivity (Wildman–Crippen MR) is 563 cm³/mol. The predicted octanol–water partition coefficient (Wildman–Crippen LogP) is 25.2. The fourth-order valence-electron chi connectivity index (χ4n) is 14.6. The number of pyridine rings is 6. The van der Waals surface area contributed by atoms with Crippen molar-refractivity contribution in [2.45, 2.75) is 38.9 Å². The molecule has 9 aromatic carbocycles. The average Bonchev–Trinajstić information content (AvgIpc) is 1.59. The van der Waals surface area contributed by atoms with Crippen LogP contribution >= 0.6 is 70.4 Å². The molecule has 2 N–H and O–H groups in total. The minimum Gasteiger partial charge on any atom is -0.508 e. The highest BCUT2D eigenvalue weighted by Crippen LogP contribution is 2.39. The number of rotatable bonds is 15. The van der Waals surface area contributed by atoms with E-state index in [1.54, 1.807) is 111 Å². The van der Waals surface area contributed by atoms with Gasteiger partial charge in [0.25, 0.3) is 0 Å². The van der Waals surface area contributed by atoms with Crippen LogP contribution in [-0.2, 0) is 9.31 Å². The maximum atomic E-state index is 9.45. The molecule has 0 amide bonds. The summed E-state index contributed by atoms with van der Waals surface area (Å²) < 4.78 is 49.2. The Labute approximate surface area is 836 Å². The first kappa shape index (κ1) is 95.8. The van der Waals surface area contributed by atoms with Crippen molar-refractivity contribution in [2.75, 3.05) is 21.3 Å². The SMILES string of the molecule is Brc1ccc2c3ccccc3n(-c3ccccn3)c2c1.Brc1cn[nH]c1.CC1(C)OB(c2cccnc2)OC1(C)C.COc1cccc(-n2cc(-c3cccnc3)cn2)c1.COc1cccc(-n2cc(Br)cn2)c1.COc1cccc(I)c1.Oc1cccc(-n2cc(-c3cccnc3)cn2)c1.c1ccc(-n2c3ccccc3c3ccc(Oc4cccc(-n5cc(-c6cccnc6)cn5)c4)cc32)nc1. The molecule has 1 aliphatic rings. The molecule has 0 bridgehead atoms. The quantitative estimate of drug-likeness (QED) is 0.0713. The molecule has 1 fully saturated rings. The third-order valence-corrected chi connectivity index (χ3v) is 24.1. The van der Waals surface area contributed by atoms with Crippen LogP contribution in [-0.4, -0.2) is 133 Å². The molecule has 30 heteroatoms. The molecule has 1 saturated heterocycles. The van der Waals surface area contributed by atoms with Gasteiger partial charge < -0.3 is 33.4 Å². The number of para-hydroxylation sites is 2. The van der Waals surface area contributed by atoms with Gasteiger partial charge in [0, 0.05) is 192 Å². The lowest BCUT2D eigenvalue weighted by Crippen LogP contribution is -2.41. The molecule has 25 nitrogen and oxygen atoms in total. The second-order valence-electron chi connectivity index (χ2n) is 31.7. The summed E-state index contributed by atoms with van der Waals surface area (Å²) >= 11 is 12.3. The number of nitrogens with zero attached hydrogens (tertiary/aromatic N) is 17. The lowest BCUT2D eigenvalue weighted by Gasteiger charge is -2.32. The number of ether oxygens (including phenoxy) is 4. The number of phenolic OH excluding ortho intramolecular Hbond substituents is 1. The number of aromatic hydroxyl groups is 1. The van der Waals surface area contributed by atoms with Crippen LogP contribution in [0.3, 0.4) is 0 Å².